The number of nitrogens with zero attached hydrogens (tertiary/aromatic N) is 1. The summed E-state index contributed by atoms with van der Waals surface area (Å²) in [7, 11) is 0. The quantitative estimate of drug-likeness (QED) is 0.752. The molecule has 0 radical (unpaired) electrons. The molecular weight excluding hydrogens is 264 g/mol. The topological polar surface area (TPSA) is 83.8 Å². The van der Waals surface area contributed by atoms with E-state index in [0.29, 0.717) is 11.3 Å². The summed E-state index contributed by atoms with van der Waals surface area (Å²) in [5.41, 5.74) is 6.44. The van der Waals surface area contributed by atoms with E-state index in [1.807, 2.05) is 6.92 Å². The van der Waals surface area contributed by atoms with Crippen LogP contribution in [0, 0.1) is 0 Å². The van der Waals surface area contributed by atoms with Crippen molar-refractivity contribution in [1.29, 1.82) is 0 Å². The zero-order chi connectivity index (χ0) is 13.8. The third kappa shape index (κ3) is 2.88. The molecule has 1 aromatic carbocycles. The number of carbonyl (C=O) groups is 1. The molecule has 0 saturated carbocycles. The van der Waals surface area contributed by atoms with E-state index in [1.54, 1.807) is 30.6 Å². The van der Waals surface area contributed by atoms with Gasteiger partial charge in [0, 0.05) is 12.4 Å². The second-order valence-electron chi connectivity index (χ2n) is 4.12. The summed E-state index contributed by atoms with van der Waals surface area (Å²) in [6.45, 7) is 1.97. The van der Waals surface area contributed by atoms with Gasteiger partial charge in [-0.3, -0.25) is 4.79 Å². The van der Waals surface area contributed by atoms with Crippen molar-refractivity contribution >= 4 is 23.2 Å². The molecule has 1 heterocycles. The minimum absolute atomic E-state index is 0.181. The molecule has 4 N–H and O–H groups in total. The van der Waals surface area contributed by atoms with Crippen molar-refractivity contribution in [3.8, 4) is 0 Å². The van der Waals surface area contributed by atoms with Crippen molar-refractivity contribution in [2.45, 2.75) is 19.4 Å². The van der Waals surface area contributed by atoms with Crippen LogP contribution < -0.4 is 11.1 Å². The van der Waals surface area contributed by atoms with Gasteiger partial charge in [-0.25, -0.2) is 4.98 Å². The van der Waals surface area contributed by atoms with Gasteiger partial charge in [-0.2, -0.15) is 0 Å². The lowest BCUT2D eigenvalue weighted by molar-refractivity contribution is 0.0934. The maximum atomic E-state index is 12.2. The van der Waals surface area contributed by atoms with Crippen molar-refractivity contribution in [3.05, 3.63) is 47.0 Å². The van der Waals surface area contributed by atoms with E-state index >= 15 is 0 Å². The predicted octanol–water partition coefficient (Wildman–Crippen LogP) is 2.53. The molecular formula is C13H15ClN4O. The molecule has 1 atom stereocenters. The molecule has 0 fully saturated rings. The number of anilines is 1. The normalized spacial score (nSPS) is 12.1. The SMILES string of the molecule is CCC(NC(=O)c1cccc(N)c1Cl)c1ncc[nH]1. The Bertz CT molecular complexity index is 568. The Morgan fingerprint density at radius 3 is 3.00 bits per heavy atom. The van der Waals surface area contributed by atoms with Crippen molar-refractivity contribution < 1.29 is 4.79 Å². The van der Waals surface area contributed by atoms with E-state index in [-0.39, 0.29) is 17.0 Å². The summed E-state index contributed by atoms with van der Waals surface area (Å²) in [5, 5.41) is 3.15. The molecule has 6 heteroatoms. The number of benzene rings is 1. The number of nitrogens with one attached hydrogen (secondary N) is 2. The second kappa shape index (κ2) is 5.75. The fraction of sp³-hybridized carbons (Fsp3) is 0.231. The summed E-state index contributed by atoms with van der Waals surface area (Å²) < 4.78 is 0. The van der Waals surface area contributed by atoms with E-state index < -0.39 is 0 Å². The summed E-state index contributed by atoms with van der Waals surface area (Å²) in [6.07, 6.45) is 4.09. The summed E-state index contributed by atoms with van der Waals surface area (Å²) in [5.74, 6) is 0.455. The maximum absolute atomic E-state index is 12.2. The zero-order valence-electron chi connectivity index (χ0n) is 10.5. The minimum Gasteiger partial charge on any atom is -0.398 e. The Morgan fingerprint density at radius 1 is 1.58 bits per heavy atom. The van der Waals surface area contributed by atoms with Crippen LogP contribution in [-0.2, 0) is 0 Å². The minimum atomic E-state index is -0.263. The fourth-order valence-corrected chi connectivity index (χ4v) is 2.00. The van der Waals surface area contributed by atoms with E-state index in [9.17, 15) is 4.79 Å². The van der Waals surface area contributed by atoms with Gasteiger partial charge in [-0.15, -0.1) is 0 Å². The number of aromatic amines is 1. The van der Waals surface area contributed by atoms with Crippen LogP contribution in [0.3, 0.4) is 0 Å². The van der Waals surface area contributed by atoms with Gasteiger partial charge < -0.3 is 16.0 Å². The number of hydrogen-bond acceptors (Lipinski definition) is 3. The Labute approximate surface area is 116 Å². The Morgan fingerprint density at radius 2 is 2.37 bits per heavy atom. The fourth-order valence-electron chi connectivity index (χ4n) is 1.79. The number of nitrogen functional groups attached to an aromatic ring is 1. The van der Waals surface area contributed by atoms with E-state index in [2.05, 4.69) is 15.3 Å². The van der Waals surface area contributed by atoms with Crippen LogP contribution in [0.25, 0.3) is 0 Å². The maximum Gasteiger partial charge on any atom is 0.253 e. The highest BCUT2D eigenvalue weighted by molar-refractivity contribution is 6.36. The molecule has 1 amide bonds. The van der Waals surface area contributed by atoms with Gasteiger partial charge in [0.1, 0.15) is 5.82 Å². The number of halogens is 1. The van der Waals surface area contributed by atoms with Crippen molar-refractivity contribution in [2.75, 3.05) is 5.73 Å². The Kier molecular flexibility index (Phi) is 4.06. The molecule has 0 aliphatic rings. The average molecular weight is 279 g/mol. The predicted molar refractivity (Wildman–Crippen MR) is 75.0 cm³/mol. The van der Waals surface area contributed by atoms with Crippen LogP contribution in [0.2, 0.25) is 5.02 Å². The standard InChI is InChI=1S/C13H15ClN4O/c1-2-10(12-16-6-7-17-12)18-13(19)8-4-3-5-9(15)11(8)14/h3-7,10H,2,15H2,1H3,(H,16,17)(H,18,19). The highest BCUT2D eigenvalue weighted by atomic mass is 35.5. The molecule has 5 nitrogen and oxygen atoms in total. The van der Waals surface area contributed by atoms with Crippen molar-refractivity contribution in [2.24, 2.45) is 0 Å². The lowest BCUT2D eigenvalue weighted by Gasteiger charge is -2.15. The first-order chi connectivity index (χ1) is 9.13. The molecule has 19 heavy (non-hydrogen) atoms. The van der Waals surface area contributed by atoms with E-state index in [0.717, 1.165) is 12.2 Å². The van der Waals surface area contributed by atoms with Gasteiger partial charge in [0.05, 0.1) is 22.3 Å². The first-order valence-electron chi connectivity index (χ1n) is 5.97. The van der Waals surface area contributed by atoms with Crippen LogP contribution >= 0.6 is 11.6 Å². The smallest absolute Gasteiger partial charge is 0.253 e. The average Bonchev–Trinajstić information content (AvgIpc) is 2.92. The lowest BCUT2D eigenvalue weighted by Crippen LogP contribution is -2.29. The lowest BCUT2D eigenvalue weighted by atomic mass is 10.1. The number of rotatable bonds is 4. The van der Waals surface area contributed by atoms with Crippen LogP contribution in [-0.4, -0.2) is 15.9 Å². The third-order valence-corrected chi connectivity index (χ3v) is 3.26. The molecule has 100 valence electrons. The third-order valence-electron chi connectivity index (χ3n) is 2.84. The second-order valence-corrected chi connectivity index (χ2v) is 4.50. The number of hydrogen-bond donors (Lipinski definition) is 3. The Balaban J connectivity index is 2.18. The largest absolute Gasteiger partial charge is 0.398 e. The molecule has 1 aromatic heterocycles. The van der Waals surface area contributed by atoms with Gasteiger partial charge in [-0.1, -0.05) is 24.6 Å². The van der Waals surface area contributed by atoms with Gasteiger partial charge in [0.25, 0.3) is 5.91 Å². The summed E-state index contributed by atoms with van der Waals surface area (Å²) in [4.78, 5) is 19.3. The number of aromatic nitrogens is 2. The highest BCUT2D eigenvalue weighted by Crippen LogP contribution is 2.23. The van der Waals surface area contributed by atoms with Gasteiger partial charge in [0.2, 0.25) is 0 Å². The molecule has 2 aromatic rings. The van der Waals surface area contributed by atoms with Crippen LogP contribution in [0.1, 0.15) is 35.6 Å². The number of amides is 1. The van der Waals surface area contributed by atoms with E-state index in [1.165, 1.54) is 0 Å². The molecule has 0 aliphatic carbocycles. The first kappa shape index (κ1) is 13.4. The summed E-state index contributed by atoms with van der Waals surface area (Å²) >= 11 is 6.03. The van der Waals surface area contributed by atoms with Gasteiger partial charge in [0.15, 0.2) is 0 Å². The number of imidazole rings is 1. The monoisotopic (exact) mass is 278 g/mol. The number of carbonyl (C=O) groups excluding carboxylic acids is 1. The molecule has 0 saturated heterocycles. The van der Waals surface area contributed by atoms with Gasteiger partial charge >= 0.3 is 0 Å². The molecule has 1 unspecified atom stereocenters. The van der Waals surface area contributed by atoms with Crippen molar-refractivity contribution in [1.82, 2.24) is 15.3 Å². The van der Waals surface area contributed by atoms with E-state index in [4.69, 9.17) is 17.3 Å². The summed E-state index contributed by atoms with van der Waals surface area (Å²) in [6, 6.07) is 4.82. The molecule has 0 spiro atoms. The van der Waals surface area contributed by atoms with Crippen LogP contribution in [0.15, 0.2) is 30.6 Å². The van der Waals surface area contributed by atoms with Crippen LogP contribution in [0.5, 0.6) is 0 Å². The van der Waals surface area contributed by atoms with Gasteiger partial charge in [-0.05, 0) is 18.6 Å². The molecule has 0 bridgehead atoms. The molecule has 2 rings (SSSR count). The Hall–Kier alpha value is -2.01. The zero-order valence-corrected chi connectivity index (χ0v) is 11.2. The number of H-pyrrole nitrogens is 1. The molecule has 0 aliphatic heterocycles. The van der Waals surface area contributed by atoms with Crippen LogP contribution in [0.4, 0.5) is 5.69 Å². The van der Waals surface area contributed by atoms with Crippen molar-refractivity contribution in [3.63, 3.8) is 0 Å². The first-order valence-corrected chi connectivity index (χ1v) is 6.35. The number of nitrogens with two attached hydrogens (primary N) is 1. The highest BCUT2D eigenvalue weighted by Gasteiger charge is 2.18.